The number of hydrogen-bond acceptors (Lipinski definition) is 2. The van der Waals surface area contributed by atoms with Crippen molar-refractivity contribution < 1.29 is 4.79 Å². The average Bonchev–Trinajstić information content (AvgIpc) is 2.88. The SMILES string of the molecule is O=C(NCCCN1CCC2CCCCCCCC2C1)N1CCCCCCCCCCC1. The molecule has 3 fully saturated rings. The second-order valence-electron chi connectivity index (χ2n) is 10.7. The third kappa shape index (κ3) is 9.72. The molecular weight excluding hydrogens is 382 g/mol. The molecule has 1 N–H and O–H groups in total. The molecule has 3 rings (SSSR count). The van der Waals surface area contributed by atoms with Gasteiger partial charge in [-0.15, -0.1) is 0 Å². The van der Waals surface area contributed by atoms with E-state index in [1.54, 1.807) is 0 Å². The molecule has 0 aromatic heterocycles. The van der Waals surface area contributed by atoms with Crippen LogP contribution in [-0.2, 0) is 0 Å². The van der Waals surface area contributed by atoms with Crippen LogP contribution in [0.5, 0.6) is 0 Å². The molecule has 0 radical (unpaired) electrons. The van der Waals surface area contributed by atoms with Crippen LogP contribution in [-0.4, -0.2) is 55.1 Å². The van der Waals surface area contributed by atoms with Crippen molar-refractivity contribution in [3.8, 4) is 0 Å². The molecule has 2 unspecified atom stereocenters. The van der Waals surface area contributed by atoms with Crippen molar-refractivity contribution in [3.05, 3.63) is 0 Å². The Morgan fingerprint density at radius 1 is 0.645 bits per heavy atom. The summed E-state index contributed by atoms with van der Waals surface area (Å²) in [5.41, 5.74) is 0. The van der Waals surface area contributed by atoms with Crippen LogP contribution in [0.1, 0.15) is 116 Å². The number of hydrogen-bond donors (Lipinski definition) is 1. The number of piperidine rings is 1. The van der Waals surface area contributed by atoms with Crippen LogP contribution < -0.4 is 5.32 Å². The van der Waals surface area contributed by atoms with E-state index in [0.717, 1.165) is 44.4 Å². The van der Waals surface area contributed by atoms with E-state index in [-0.39, 0.29) is 6.03 Å². The van der Waals surface area contributed by atoms with Crippen molar-refractivity contribution in [3.63, 3.8) is 0 Å². The fourth-order valence-corrected chi connectivity index (χ4v) is 6.18. The van der Waals surface area contributed by atoms with Gasteiger partial charge in [-0.1, -0.05) is 83.5 Å². The molecule has 2 saturated heterocycles. The number of rotatable bonds is 4. The second kappa shape index (κ2) is 15.1. The van der Waals surface area contributed by atoms with Crippen molar-refractivity contribution >= 4 is 6.03 Å². The van der Waals surface area contributed by atoms with Crippen LogP contribution >= 0.6 is 0 Å². The summed E-state index contributed by atoms with van der Waals surface area (Å²) in [6.07, 6.45) is 24.5. The lowest BCUT2D eigenvalue weighted by molar-refractivity contribution is 0.105. The number of nitrogens with zero attached hydrogens (tertiary/aromatic N) is 2. The number of urea groups is 1. The first-order valence-electron chi connectivity index (χ1n) is 14.1. The van der Waals surface area contributed by atoms with Gasteiger partial charge in [0.25, 0.3) is 0 Å². The highest BCUT2D eigenvalue weighted by atomic mass is 16.2. The van der Waals surface area contributed by atoms with Gasteiger partial charge in [0.05, 0.1) is 0 Å². The van der Waals surface area contributed by atoms with Gasteiger partial charge in [0.2, 0.25) is 0 Å². The molecule has 4 heteroatoms. The summed E-state index contributed by atoms with van der Waals surface area (Å²) in [5.74, 6) is 1.92. The predicted octanol–water partition coefficient (Wildman–Crippen LogP) is 6.60. The Kier molecular flexibility index (Phi) is 12.1. The maximum atomic E-state index is 12.8. The minimum Gasteiger partial charge on any atom is -0.338 e. The van der Waals surface area contributed by atoms with E-state index in [2.05, 4.69) is 15.1 Å². The summed E-state index contributed by atoms with van der Waals surface area (Å²) < 4.78 is 0. The summed E-state index contributed by atoms with van der Waals surface area (Å²) in [6.45, 7) is 6.47. The van der Waals surface area contributed by atoms with Gasteiger partial charge in [0.1, 0.15) is 0 Å². The van der Waals surface area contributed by atoms with Crippen LogP contribution in [0, 0.1) is 11.8 Å². The van der Waals surface area contributed by atoms with E-state index in [0.29, 0.717) is 0 Å². The Morgan fingerprint density at radius 3 is 1.84 bits per heavy atom. The summed E-state index contributed by atoms with van der Waals surface area (Å²) >= 11 is 0. The third-order valence-corrected chi connectivity index (χ3v) is 8.20. The highest BCUT2D eigenvalue weighted by Gasteiger charge is 2.28. The molecule has 1 saturated carbocycles. The van der Waals surface area contributed by atoms with Crippen LogP contribution in [0.2, 0.25) is 0 Å². The van der Waals surface area contributed by atoms with Gasteiger partial charge >= 0.3 is 6.03 Å². The maximum absolute atomic E-state index is 12.8. The van der Waals surface area contributed by atoms with E-state index in [1.807, 2.05) is 0 Å². The van der Waals surface area contributed by atoms with Gasteiger partial charge in [-0.2, -0.15) is 0 Å². The fraction of sp³-hybridized carbons (Fsp3) is 0.963. The first kappa shape index (κ1) is 24.9. The normalized spacial score (nSPS) is 28.2. The van der Waals surface area contributed by atoms with E-state index in [4.69, 9.17) is 0 Å². The van der Waals surface area contributed by atoms with Gasteiger partial charge in [-0.3, -0.25) is 0 Å². The molecule has 3 aliphatic rings. The number of likely N-dealkylation sites (tertiary alicyclic amines) is 1. The zero-order chi connectivity index (χ0) is 21.6. The molecule has 0 bridgehead atoms. The van der Waals surface area contributed by atoms with Crippen molar-refractivity contribution in [2.24, 2.45) is 11.8 Å². The van der Waals surface area contributed by atoms with Crippen molar-refractivity contribution in [1.29, 1.82) is 0 Å². The smallest absolute Gasteiger partial charge is 0.317 e. The minimum absolute atomic E-state index is 0.187. The standard InChI is InChI=1S/C27H51N3O/c31-27(30-21-13-9-4-2-1-3-5-10-14-22-30)28-19-15-20-29-23-18-25-16-11-7-6-8-12-17-26(25)24-29/h25-26H,1-24H2,(H,28,31). The van der Waals surface area contributed by atoms with Crippen LogP contribution in [0.25, 0.3) is 0 Å². The Hall–Kier alpha value is -0.770. The Morgan fingerprint density at radius 2 is 1.19 bits per heavy atom. The zero-order valence-corrected chi connectivity index (χ0v) is 20.4. The van der Waals surface area contributed by atoms with Crippen LogP contribution in [0.15, 0.2) is 0 Å². The topological polar surface area (TPSA) is 35.6 Å². The highest BCUT2D eigenvalue weighted by molar-refractivity contribution is 5.74. The molecule has 1 aliphatic carbocycles. The molecule has 0 aromatic carbocycles. The Bertz CT molecular complexity index is 471. The van der Waals surface area contributed by atoms with E-state index >= 15 is 0 Å². The van der Waals surface area contributed by atoms with Crippen LogP contribution in [0.4, 0.5) is 4.79 Å². The molecule has 4 nitrogen and oxygen atoms in total. The number of amides is 2. The summed E-state index contributed by atoms with van der Waals surface area (Å²) in [4.78, 5) is 17.6. The van der Waals surface area contributed by atoms with Gasteiger partial charge < -0.3 is 15.1 Å². The molecule has 31 heavy (non-hydrogen) atoms. The monoisotopic (exact) mass is 433 g/mol. The first-order chi connectivity index (χ1) is 15.3. The largest absolute Gasteiger partial charge is 0.338 e. The minimum atomic E-state index is 0.187. The lowest BCUT2D eigenvalue weighted by atomic mass is 9.80. The van der Waals surface area contributed by atoms with Gasteiger partial charge in [0.15, 0.2) is 0 Å². The Labute approximate surface area is 192 Å². The quantitative estimate of drug-likeness (QED) is 0.507. The van der Waals surface area contributed by atoms with Crippen molar-refractivity contribution in [2.75, 3.05) is 39.3 Å². The molecule has 0 aromatic rings. The highest BCUT2D eigenvalue weighted by Crippen LogP contribution is 2.33. The lowest BCUT2D eigenvalue weighted by Gasteiger charge is -2.39. The number of carbonyl (C=O) groups is 1. The third-order valence-electron chi connectivity index (χ3n) is 8.20. The van der Waals surface area contributed by atoms with Crippen molar-refractivity contribution in [2.45, 2.75) is 116 Å². The average molecular weight is 434 g/mol. The molecule has 2 amide bonds. The fourth-order valence-electron chi connectivity index (χ4n) is 6.18. The zero-order valence-electron chi connectivity index (χ0n) is 20.4. The molecule has 2 aliphatic heterocycles. The molecule has 2 heterocycles. The van der Waals surface area contributed by atoms with Gasteiger partial charge in [-0.05, 0) is 57.0 Å². The van der Waals surface area contributed by atoms with E-state index in [9.17, 15) is 4.79 Å². The maximum Gasteiger partial charge on any atom is 0.317 e. The molecular formula is C27H51N3O. The lowest BCUT2D eigenvalue weighted by Crippen LogP contribution is -2.43. The molecule has 2 atom stereocenters. The Balaban J connectivity index is 1.32. The van der Waals surface area contributed by atoms with Crippen molar-refractivity contribution in [1.82, 2.24) is 15.1 Å². The number of fused-ring (bicyclic) bond motifs is 1. The van der Waals surface area contributed by atoms with Gasteiger partial charge in [0, 0.05) is 26.2 Å². The number of carbonyl (C=O) groups excluding carboxylic acids is 1. The second-order valence-corrected chi connectivity index (χ2v) is 10.7. The summed E-state index contributed by atoms with van der Waals surface area (Å²) in [6, 6.07) is 0.187. The first-order valence-corrected chi connectivity index (χ1v) is 14.1. The van der Waals surface area contributed by atoms with Crippen LogP contribution in [0.3, 0.4) is 0 Å². The number of nitrogens with one attached hydrogen (secondary N) is 1. The summed E-state index contributed by atoms with van der Waals surface area (Å²) in [7, 11) is 0. The molecule has 0 spiro atoms. The van der Waals surface area contributed by atoms with Gasteiger partial charge in [-0.25, -0.2) is 4.79 Å². The molecule has 180 valence electrons. The van der Waals surface area contributed by atoms with E-state index in [1.165, 1.54) is 122 Å². The van der Waals surface area contributed by atoms with E-state index < -0.39 is 0 Å². The predicted molar refractivity (Wildman–Crippen MR) is 131 cm³/mol. The summed E-state index contributed by atoms with van der Waals surface area (Å²) in [5, 5.41) is 3.25.